The molecule has 0 fully saturated rings. The largest absolute Gasteiger partial charge is 0.464 e. The predicted molar refractivity (Wildman–Crippen MR) is 99.8 cm³/mol. The Morgan fingerprint density at radius 3 is 2.08 bits per heavy atom. The molecule has 1 amide bonds. The van der Waals surface area contributed by atoms with Gasteiger partial charge in [-0.25, -0.2) is 9.78 Å². The second kappa shape index (κ2) is 13.4. The number of carbonyl (C=O) groups excluding carboxylic acids is 2. The molecule has 0 aromatic carbocycles. The number of pyridine rings is 1. The van der Waals surface area contributed by atoms with Crippen LogP contribution in [-0.2, 0) is 4.74 Å². The number of nitrogens with one attached hydrogen (secondary N) is 1. The molecule has 1 heterocycles. The molecule has 0 radical (unpaired) electrons. The van der Waals surface area contributed by atoms with Gasteiger partial charge in [-0.1, -0.05) is 70.8 Å². The lowest BCUT2D eigenvalue weighted by atomic mass is 10.1. The number of methoxy groups -OCH3 is 1. The number of nitrogens with zero attached hydrogens (tertiary/aromatic N) is 1. The van der Waals surface area contributed by atoms with E-state index >= 15 is 0 Å². The lowest BCUT2D eigenvalue weighted by Gasteiger charge is -2.06. The second-order valence-electron chi connectivity index (χ2n) is 6.34. The fraction of sp³-hybridized carbons (Fsp3) is 0.650. The van der Waals surface area contributed by atoms with Crippen molar-refractivity contribution >= 4 is 11.9 Å². The highest BCUT2D eigenvalue weighted by Gasteiger charge is 2.11. The van der Waals surface area contributed by atoms with Gasteiger partial charge in [-0.15, -0.1) is 0 Å². The summed E-state index contributed by atoms with van der Waals surface area (Å²) >= 11 is 0. The van der Waals surface area contributed by atoms with Gasteiger partial charge >= 0.3 is 5.97 Å². The van der Waals surface area contributed by atoms with E-state index in [1.807, 2.05) is 0 Å². The van der Waals surface area contributed by atoms with Crippen LogP contribution in [0.1, 0.15) is 92.1 Å². The summed E-state index contributed by atoms with van der Waals surface area (Å²) < 4.78 is 4.61. The maximum Gasteiger partial charge on any atom is 0.356 e. The molecule has 0 unspecified atom stereocenters. The fourth-order valence-corrected chi connectivity index (χ4v) is 2.68. The molecule has 0 aliphatic carbocycles. The molecule has 0 spiro atoms. The van der Waals surface area contributed by atoms with Gasteiger partial charge in [-0.3, -0.25) is 4.79 Å². The van der Waals surface area contributed by atoms with E-state index < -0.39 is 5.97 Å². The Morgan fingerprint density at radius 1 is 0.920 bits per heavy atom. The minimum absolute atomic E-state index is 0.147. The van der Waals surface area contributed by atoms with Gasteiger partial charge in [-0.05, 0) is 18.6 Å². The van der Waals surface area contributed by atoms with Gasteiger partial charge in [0, 0.05) is 6.54 Å². The van der Waals surface area contributed by atoms with Gasteiger partial charge in [0.25, 0.3) is 5.91 Å². The van der Waals surface area contributed by atoms with E-state index in [4.69, 9.17) is 0 Å². The van der Waals surface area contributed by atoms with Crippen LogP contribution in [0.4, 0.5) is 0 Å². The summed E-state index contributed by atoms with van der Waals surface area (Å²) in [4.78, 5) is 27.5. The van der Waals surface area contributed by atoms with Crippen LogP contribution in [0.2, 0.25) is 0 Å². The van der Waals surface area contributed by atoms with Crippen molar-refractivity contribution in [2.45, 2.75) is 71.1 Å². The van der Waals surface area contributed by atoms with Crippen molar-refractivity contribution in [3.05, 3.63) is 29.6 Å². The number of rotatable bonds is 13. The van der Waals surface area contributed by atoms with Crippen LogP contribution < -0.4 is 5.32 Å². The molecular formula is C20H32N2O3. The van der Waals surface area contributed by atoms with Gasteiger partial charge in [0.2, 0.25) is 0 Å². The Hall–Kier alpha value is -1.91. The first-order valence-electron chi connectivity index (χ1n) is 9.52. The molecule has 0 aliphatic rings. The third-order valence-corrected chi connectivity index (χ3v) is 4.19. The number of hydrogen-bond acceptors (Lipinski definition) is 4. The fourth-order valence-electron chi connectivity index (χ4n) is 2.68. The standard InChI is InChI=1S/C20H32N2O3/c1-3-4-5-6-7-8-9-10-11-12-16-21-19(23)17-14-13-15-18(22-17)20(24)25-2/h13-15H,3-12,16H2,1-2H3,(H,21,23). The third-order valence-electron chi connectivity index (χ3n) is 4.19. The SMILES string of the molecule is CCCCCCCCCCCCNC(=O)c1cccc(C(=O)OC)n1. The van der Waals surface area contributed by atoms with E-state index in [0.717, 1.165) is 12.8 Å². The summed E-state index contributed by atoms with van der Waals surface area (Å²) in [5.41, 5.74) is 0.393. The van der Waals surface area contributed by atoms with E-state index in [2.05, 4.69) is 22.0 Å². The van der Waals surface area contributed by atoms with Gasteiger partial charge in [0.05, 0.1) is 7.11 Å². The third kappa shape index (κ3) is 9.22. The number of carbonyl (C=O) groups is 2. The second-order valence-corrected chi connectivity index (χ2v) is 6.34. The number of unbranched alkanes of at least 4 members (excludes halogenated alkanes) is 9. The highest BCUT2D eigenvalue weighted by atomic mass is 16.5. The topological polar surface area (TPSA) is 68.3 Å². The van der Waals surface area contributed by atoms with E-state index in [1.54, 1.807) is 12.1 Å². The Kier molecular flexibility index (Phi) is 11.3. The molecule has 5 heteroatoms. The van der Waals surface area contributed by atoms with Gasteiger partial charge in [0.15, 0.2) is 0 Å². The Labute approximate surface area is 151 Å². The van der Waals surface area contributed by atoms with Crippen LogP contribution in [-0.4, -0.2) is 30.5 Å². The van der Waals surface area contributed by atoms with Crippen LogP contribution in [0.25, 0.3) is 0 Å². The predicted octanol–water partition coefficient (Wildman–Crippen LogP) is 4.52. The molecule has 1 N–H and O–H groups in total. The highest BCUT2D eigenvalue weighted by Crippen LogP contribution is 2.10. The molecule has 0 saturated heterocycles. The van der Waals surface area contributed by atoms with Crippen LogP contribution >= 0.6 is 0 Å². The van der Waals surface area contributed by atoms with E-state index in [1.165, 1.54) is 64.5 Å². The number of esters is 1. The zero-order valence-corrected chi connectivity index (χ0v) is 15.7. The van der Waals surface area contributed by atoms with Crippen molar-refractivity contribution in [2.75, 3.05) is 13.7 Å². The molecule has 140 valence electrons. The summed E-state index contributed by atoms with van der Waals surface area (Å²) in [6, 6.07) is 4.76. The zero-order valence-electron chi connectivity index (χ0n) is 15.7. The van der Waals surface area contributed by atoms with Crippen molar-refractivity contribution in [1.82, 2.24) is 10.3 Å². The lowest BCUT2D eigenvalue weighted by Crippen LogP contribution is -2.26. The Bertz CT molecular complexity index is 517. The highest BCUT2D eigenvalue weighted by molar-refractivity contribution is 5.94. The van der Waals surface area contributed by atoms with Crippen molar-refractivity contribution in [2.24, 2.45) is 0 Å². The van der Waals surface area contributed by atoms with Crippen LogP contribution in [0.15, 0.2) is 18.2 Å². The first-order valence-corrected chi connectivity index (χ1v) is 9.52. The molecule has 0 bridgehead atoms. The summed E-state index contributed by atoms with van der Waals surface area (Å²) in [6.45, 7) is 2.88. The molecular weight excluding hydrogens is 316 g/mol. The lowest BCUT2D eigenvalue weighted by molar-refractivity contribution is 0.0594. The van der Waals surface area contributed by atoms with Crippen LogP contribution in [0, 0.1) is 0 Å². The van der Waals surface area contributed by atoms with Crippen LogP contribution in [0.3, 0.4) is 0 Å². The summed E-state index contributed by atoms with van der Waals surface area (Å²) in [6.07, 6.45) is 12.7. The summed E-state index contributed by atoms with van der Waals surface area (Å²) in [5.74, 6) is -0.786. The molecule has 0 aliphatic heterocycles. The maximum absolute atomic E-state index is 12.0. The van der Waals surface area contributed by atoms with Crippen molar-refractivity contribution in [1.29, 1.82) is 0 Å². The average Bonchev–Trinajstić information content (AvgIpc) is 2.65. The first kappa shape index (κ1) is 21.1. The van der Waals surface area contributed by atoms with Crippen molar-refractivity contribution in [3.8, 4) is 0 Å². The normalized spacial score (nSPS) is 10.5. The average molecular weight is 348 g/mol. The first-order chi connectivity index (χ1) is 12.2. The summed E-state index contributed by atoms with van der Waals surface area (Å²) in [5, 5.41) is 2.85. The van der Waals surface area contributed by atoms with E-state index in [9.17, 15) is 9.59 Å². The zero-order chi connectivity index (χ0) is 18.3. The minimum Gasteiger partial charge on any atom is -0.464 e. The molecule has 1 aromatic heterocycles. The van der Waals surface area contributed by atoms with Gasteiger partial charge in [0.1, 0.15) is 11.4 Å². The molecule has 1 aromatic rings. The smallest absolute Gasteiger partial charge is 0.356 e. The Morgan fingerprint density at radius 2 is 1.48 bits per heavy atom. The number of hydrogen-bond donors (Lipinski definition) is 1. The van der Waals surface area contributed by atoms with Crippen LogP contribution in [0.5, 0.6) is 0 Å². The molecule has 25 heavy (non-hydrogen) atoms. The summed E-state index contributed by atoms with van der Waals surface area (Å²) in [7, 11) is 1.29. The minimum atomic E-state index is -0.538. The molecule has 0 saturated carbocycles. The van der Waals surface area contributed by atoms with Gasteiger partial charge < -0.3 is 10.1 Å². The number of amides is 1. The van der Waals surface area contributed by atoms with E-state index in [0.29, 0.717) is 6.54 Å². The van der Waals surface area contributed by atoms with E-state index in [-0.39, 0.29) is 17.3 Å². The Balaban J connectivity index is 2.10. The number of ether oxygens (including phenoxy) is 1. The van der Waals surface area contributed by atoms with Crippen molar-refractivity contribution in [3.63, 3.8) is 0 Å². The maximum atomic E-state index is 12.0. The molecule has 1 rings (SSSR count). The van der Waals surface area contributed by atoms with Crippen molar-refractivity contribution < 1.29 is 14.3 Å². The number of aromatic nitrogens is 1. The molecule has 0 atom stereocenters. The molecule has 5 nitrogen and oxygen atoms in total. The monoisotopic (exact) mass is 348 g/mol. The van der Waals surface area contributed by atoms with Gasteiger partial charge in [-0.2, -0.15) is 0 Å². The quantitative estimate of drug-likeness (QED) is 0.420.